The summed E-state index contributed by atoms with van der Waals surface area (Å²) in [7, 11) is 1.40. The molecule has 33 heavy (non-hydrogen) atoms. The lowest BCUT2D eigenvalue weighted by Crippen LogP contribution is -2.50. The van der Waals surface area contributed by atoms with Crippen molar-refractivity contribution in [2.75, 3.05) is 12.4 Å². The van der Waals surface area contributed by atoms with Crippen LogP contribution in [0.4, 0.5) is 9.93 Å². The van der Waals surface area contributed by atoms with Crippen LogP contribution in [0, 0.1) is 0 Å². The van der Waals surface area contributed by atoms with E-state index < -0.39 is 0 Å². The number of hydrogen-bond acceptors (Lipinski definition) is 6. The van der Waals surface area contributed by atoms with E-state index in [-0.39, 0.29) is 18.4 Å². The van der Waals surface area contributed by atoms with Crippen LogP contribution >= 0.6 is 23.1 Å². The third kappa shape index (κ3) is 6.73. The summed E-state index contributed by atoms with van der Waals surface area (Å²) in [5, 5.41) is 3.76. The molecule has 1 N–H and O–H groups in total. The van der Waals surface area contributed by atoms with Gasteiger partial charge in [0.25, 0.3) is 0 Å². The largest absolute Gasteiger partial charge is 0.469 e. The molecule has 2 aromatic rings. The van der Waals surface area contributed by atoms with Crippen molar-refractivity contribution < 1.29 is 14.3 Å². The number of nitrogens with one attached hydrogen (secondary N) is 1. The molecule has 0 atom stereocenters. The number of urea groups is 1. The first-order chi connectivity index (χ1) is 16.1. The van der Waals surface area contributed by atoms with Crippen LogP contribution in [0.5, 0.6) is 0 Å². The summed E-state index contributed by atoms with van der Waals surface area (Å²) < 4.78 is 5.74. The monoisotopic (exact) mass is 487 g/mol. The van der Waals surface area contributed by atoms with Gasteiger partial charge in [0.2, 0.25) is 0 Å². The lowest BCUT2D eigenvalue weighted by atomic mass is 9.89. The maximum atomic E-state index is 13.4. The number of benzene rings is 1. The molecular formula is C25H33N3O3S2. The second-order valence-corrected chi connectivity index (χ2v) is 11.3. The highest BCUT2D eigenvalue weighted by atomic mass is 32.2. The van der Waals surface area contributed by atoms with Crippen LogP contribution in [-0.4, -0.2) is 41.1 Å². The molecule has 2 amide bonds. The van der Waals surface area contributed by atoms with Gasteiger partial charge in [-0.3, -0.25) is 10.1 Å². The minimum absolute atomic E-state index is 0.0202. The molecule has 0 saturated heterocycles. The Morgan fingerprint density at radius 1 is 1.03 bits per heavy atom. The van der Waals surface area contributed by atoms with Crippen LogP contribution in [0.1, 0.15) is 69.8 Å². The molecule has 0 spiro atoms. The van der Waals surface area contributed by atoms with Gasteiger partial charge in [0.1, 0.15) is 0 Å². The summed E-state index contributed by atoms with van der Waals surface area (Å²) in [5.74, 6) is -0.242. The van der Waals surface area contributed by atoms with Crippen LogP contribution in [0.15, 0.2) is 39.6 Å². The summed E-state index contributed by atoms with van der Waals surface area (Å²) in [6.07, 6.45) is 14.0. The van der Waals surface area contributed by atoms with E-state index in [0.717, 1.165) is 40.4 Å². The van der Waals surface area contributed by atoms with E-state index in [1.807, 2.05) is 30.5 Å². The standard InChI is InChI=1S/C25H33N3O3S2/c1-31-22(29)16-18-12-14-21(15-13-18)32-23-17-26-24(33-23)27-25(30)28(19-8-4-2-5-9-19)20-10-6-3-7-11-20/h12-15,17,19-20H,2-11,16H2,1H3,(H,26,27,30). The number of hydrogen-bond donors (Lipinski definition) is 1. The first-order valence-electron chi connectivity index (χ1n) is 12.0. The van der Waals surface area contributed by atoms with E-state index >= 15 is 0 Å². The summed E-state index contributed by atoms with van der Waals surface area (Å²) in [6.45, 7) is 0. The molecule has 0 unspecified atom stereocenters. The molecule has 4 rings (SSSR count). The predicted octanol–water partition coefficient (Wildman–Crippen LogP) is 6.51. The number of thiazole rings is 1. The fourth-order valence-electron chi connectivity index (χ4n) is 4.90. The molecule has 1 aromatic carbocycles. The Labute approximate surface area is 204 Å². The zero-order valence-electron chi connectivity index (χ0n) is 19.3. The summed E-state index contributed by atoms with van der Waals surface area (Å²) in [5.41, 5.74) is 0.925. The fraction of sp³-hybridized carbons (Fsp3) is 0.560. The smallest absolute Gasteiger partial charge is 0.324 e. The first kappa shape index (κ1) is 24.1. The van der Waals surface area contributed by atoms with Crippen molar-refractivity contribution in [2.24, 2.45) is 0 Å². The van der Waals surface area contributed by atoms with Gasteiger partial charge in [-0.05, 0) is 43.4 Å². The molecule has 8 heteroatoms. The average molecular weight is 488 g/mol. The number of aromatic nitrogens is 1. The minimum Gasteiger partial charge on any atom is -0.469 e. The summed E-state index contributed by atoms with van der Waals surface area (Å²) in [4.78, 5) is 32.5. The maximum Gasteiger partial charge on any atom is 0.324 e. The van der Waals surface area contributed by atoms with E-state index in [2.05, 4.69) is 15.2 Å². The van der Waals surface area contributed by atoms with Gasteiger partial charge in [-0.25, -0.2) is 9.78 Å². The SMILES string of the molecule is COC(=O)Cc1ccc(Sc2cnc(NC(=O)N(C3CCCCC3)C3CCCCC3)s2)cc1. The van der Waals surface area contributed by atoms with Crippen LogP contribution in [0.3, 0.4) is 0 Å². The Morgan fingerprint density at radius 3 is 2.21 bits per heavy atom. The average Bonchev–Trinajstić information content (AvgIpc) is 3.28. The first-order valence-corrected chi connectivity index (χ1v) is 13.6. The van der Waals surface area contributed by atoms with Gasteiger partial charge in [-0.2, -0.15) is 0 Å². The van der Waals surface area contributed by atoms with Crippen LogP contribution in [0.2, 0.25) is 0 Å². The van der Waals surface area contributed by atoms with Crippen LogP contribution in [0.25, 0.3) is 0 Å². The van der Waals surface area contributed by atoms with Gasteiger partial charge >= 0.3 is 12.0 Å². The van der Waals surface area contributed by atoms with Crippen LogP contribution < -0.4 is 5.32 Å². The molecule has 0 bridgehead atoms. The normalized spacial score (nSPS) is 17.5. The Hall–Kier alpha value is -2.06. The van der Waals surface area contributed by atoms with E-state index in [1.54, 1.807) is 11.8 Å². The Bertz CT molecular complexity index is 901. The number of esters is 1. The van der Waals surface area contributed by atoms with Crippen molar-refractivity contribution in [3.05, 3.63) is 36.0 Å². The Balaban J connectivity index is 1.37. The highest BCUT2D eigenvalue weighted by Crippen LogP contribution is 2.35. The molecule has 0 aliphatic heterocycles. The van der Waals surface area contributed by atoms with Crippen molar-refractivity contribution in [1.82, 2.24) is 9.88 Å². The lowest BCUT2D eigenvalue weighted by molar-refractivity contribution is -0.139. The van der Waals surface area contributed by atoms with E-state index in [4.69, 9.17) is 4.74 Å². The molecule has 1 heterocycles. The van der Waals surface area contributed by atoms with E-state index in [0.29, 0.717) is 17.2 Å². The molecule has 2 aliphatic rings. The van der Waals surface area contributed by atoms with Crippen molar-refractivity contribution in [3.8, 4) is 0 Å². The number of anilines is 1. The highest BCUT2D eigenvalue weighted by Gasteiger charge is 2.32. The topological polar surface area (TPSA) is 71.5 Å². The Morgan fingerprint density at radius 2 is 1.64 bits per heavy atom. The van der Waals surface area contributed by atoms with Crippen molar-refractivity contribution in [1.29, 1.82) is 0 Å². The number of ether oxygens (including phenoxy) is 1. The summed E-state index contributed by atoms with van der Waals surface area (Å²) in [6, 6.07) is 8.61. The second-order valence-electron chi connectivity index (χ2n) is 8.90. The van der Waals surface area contributed by atoms with Crippen LogP contribution in [-0.2, 0) is 16.0 Å². The zero-order valence-corrected chi connectivity index (χ0v) is 20.9. The number of nitrogens with zero attached hydrogens (tertiary/aromatic N) is 2. The van der Waals surface area contributed by atoms with Crippen molar-refractivity contribution >= 4 is 40.2 Å². The lowest BCUT2D eigenvalue weighted by Gasteiger charge is -2.41. The van der Waals surface area contributed by atoms with Gasteiger partial charge in [-0.1, -0.05) is 73.8 Å². The van der Waals surface area contributed by atoms with Gasteiger partial charge in [0, 0.05) is 17.0 Å². The number of amides is 2. The molecular weight excluding hydrogens is 454 g/mol. The minimum atomic E-state index is -0.242. The summed E-state index contributed by atoms with van der Waals surface area (Å²) >= 11 is 3.11. The number of carbonyl (C=O) groups is 2. The molecule has 178 valence electrons. The second kappa shape index (κ2) is 11.9. The van der Waals surface area contributed by atoms with E-state index in [1.165, 1.54) is 57.0 Å². The van der Waals surface area contributed by atoms with Gasteiger partial charge in [0.05, 0.1) is 23.9 Å². The molecule has 1 aromatic heterocycles. The van der Waals surface area contributed by atoms with Gasteiger partial charge in [-0.15, -0.1) is 0 Å². The van der Waals surface area contributed by atoms with Crippen molar-refractivity contribution in [3.63, 3.8) is 0 Å². The van der Waals surface area contributed by atoms with Gasteiger partial charge < -0.3 is 9.64 Å². The third-order valence-electron chi connectivity index (χ3n) is 6.59. The number of rotatable bonds is 7. The maximum absolute atomic E-state index is 13.4. The quantitative estimate of drug-likeness (QED) is 0.451. The molecule has 0 radical (unpaired) electrons. The van der Waals surface area contributed by atoms with Crippen molar-refractivity contribution in [2.45, 2.75) is 91.8 Å². The molecule has 2 saturated carbocycles. The fourth-order valence-corrected chi connectivity index (χ4v) is 6.74. The number of methoxy groups -OCH3 is 1. The van der Waals surface area contributed by atoms with Gasteiger partial charge in [0.15, 0.2) is 5.13 Å². The molecule has 2 fully saturated rings. The predicted molar refractivity (Wildman–Crippen MR) is 133 cm³/mol. The van der Waals surface area contributed by atoms with E-state index in [9.17, 15) is 9.59 Å². The zero-order chi connectivity index (χ0) is 23.0. The highest BCUT2D eigenvalue weighted by molar-refractivity contribution is 8.01. The Kier molecular flexibility index (Phi) is 8.67. The molecule has 2 aliphatic carbocycles. The number of carbonyl (C=O) groups excluding carboxylic acids is 2. The third-order valence-corrected chi connectivity index (χ3v) is 8.61. The molecule has 6 nitrogen and oxygen atoms in total.